The lowest BCUT2D eigenvalue weighted by Crippen LogP contribution is -2.51. The van der Waals surface area contributed by atoms with Crippen LogP contribution in [-0.2, 0) is 20.7 Å². The zero-order valence-electron chi connectivity index (χ0n) is 12.3. The standard InChI is InChI=1S/C16H16ClNO4S/c17-11-1-2-13-12(6-11)10(8-23-13)5-14(19)18-16(7-15(20)21)3-4-22-9-16/h1-2,6,8H,3-5,7,9H2,(H,18,19)(H,20,21). The van der Waals surface area contributed by atoms with E-state index >= 15 is 0 Å². The monoisotopic (exact) mass is 353 g/mol. The van der Waals surface area contributed by atoms with Gasteiger partial charge in [-0.15, -0.1) is 11.3 Å². The van der Waals surface area contributed by atoms with Gasteiger partial charge in [-0.2, -0.15) is 0 Å². The van der Waals surface area contributed by atoms with Crippen LogP contribution < -0.4 is 5.32 Å². The first kappa shape index (κ1) is 16.2. The number of amides is 1. The molecule has 2 N–H and O–H groups in total. The summed E-state index contributed by atoms with van der Waals surface area (Å²) in [4.78, 5) is 23.4. The average Bonchev–Trinajstić information content (AvgIpc) is 3.06. The number of carbonyl (C=O) groups excluding carboxylic acids is 1. The van der Waals surface area contributed by atoms with Gasteiger partial charge in [0.25, 0.3) is 0 Å². The molecule has 1 saturated heterocycles. The fourth-order valence-electron chi connectivity index (χ4n) is 2.88. The Morgan fingerprint density at radius 1 is 1.43 bits per heavy atom. The van der Waals surface area contributed by atoms with Crippen molar-refractivity contribution in [3.8, 4) is 0 Å². The summed E-state index contributed by atoms with van der Waals surface area (Å²) >= 11 is 7.58. The molecule has 7 heteroatoms. The minimum atomic E-state index is -0.941. The quantitative estimate of drug-likeness (QED) is 0.866. The third-order valence-electron chi connectivity index (χ3n) is 3.96. The molecular formula is C16H16ClNO4S. The highest BCUT2D eigenvalue weighted by Crippen LogP contribution is 2.29. The van der Waals surface area contributed by atoms with E-state index in [0.717, 1.165) is 15.6 Å². The van der Waals surface area contributed by atoms with Crippen molar-refractivity contribution >= 4 is 44.9 Å². The number of halogens is 1. The number of rotatable bonds is 5. The summed E-state index contributed by atoms with van der Waals surface area (Å²) in [5.41, 5.74) is 0.0984. The summed E-state index contributed by atoms with van der Waals surface area (Å²) in [6, 6.07) is 5.60. The molecule has 1 aromatic heterocycles. The minimum absolute atomic E-state index is 0.130. The van der Waals surface area contributed by atoms with Crippen LogP contribution in [-0.4, -0.2) is 35.7 Å². The van der Waals surface area contributed by atoms with Gasteiger partial charge in [0.15, 0.2) is 0 Å². The number of hydrogen-bond acceptors (Lipinski definition) is 4. The zero-order chi connectivity index (χ0) is 16.4. The molecular weight excluding hydrogens is 338 g/mol. The lowest BCUT2D eigenvalue weighted by Gasteiger charge is -2.27. The molecule has 0 aliphatic carbocycles. The predicted octanol–water partition coefficient (Wildman–Crippen LogP) is 2.85. The number of nitrogens with one attached hydrogen (secondary N) is 1. The van der Waals surface area contributed by atoms with E-state index < -0.39 is 11.5 Å². The number of aliphatic carboxylic acids is 1. The van der Waals surface area contributed by atoms with E-state index in [2.05, 4.69) is 5.32 Å². The molecule has 0 spiro atoms. The highest BCUT2D eigenvalue weighted by molar-refractivity contribution is 7.17. The summed E-state index contributed by atoms with van der Waals surface area (Å²) in [7, 11) is 0. The smallest absolute Gasteiger partial charge is 0.305 e. The van der Waals surface area contributed by atoms with E-state index in [4.69, 9.17) is 21.4 Å². The van der Waals surface area contributed by atoms with E-state index in [1.807, 2.05) is 23.6 Å². The van der Waals surface area contributed by atoms with Crippen LogP contribution in [0.3, 0.4) is 0 Å². The van der Waals surface area contributed by atoms with Crippen LogP contribution >= 0.6 is 22.9 Å². The number of fused-ring (bicyclic) bond motifs is 1. The van der Waals surface area contributed by atoms with Gasteiger partial charge in [0.05, 0.1) is 25.0 Å². The molecule has 2 heterocycles. The van der Waals surface area contributed by atoms with Crippen molar-refractivity contribution in [2.75, 3.05) is 13.2 Å². The van der Waals surface area contributed by atoms with Gasteiger partial charge in [0, 0.05) is 16.3 Å². The van der Waals surface area contributed by atoms with Crippen LogP contribution in [0.5, 0.6) is 0 Å². The summed E-state index contributed by atoms with van der Waals surface area (Å²) in [6.45, 7) is 0.700. The van der Waals surface area contributed by atoms with E-state index in [-0.39, 0.29) is 25.4 Å². The Balaban J connectivity index is 1.75. The van der Waals surface area contributed by atoms with Gasteiger partial charge in [-0.3, -0.25) is 9.59 Å². The van der Waals surface area contributed by atoms with E-state index in [0.29, 0.717) is 18.1 Å². The normalized spacial score (nSPS) is 20.7. The molecule has 2 aromatic rings. The molecule has 0 saturated carbocycles. The second kappa shape index (κ2) is 6.47. The number of ether oxygens (including phenoxy) is 1. The van der Waals surface area contributed by atoms with Crippen LogP contribution in [0.15, 0.2) is 23.6 Å². The lowest BCUT2D eigenvalue weighted by atomic mass is 9.94. The summed E-state index contributed by atoms with van der Waals surface area (Å²) < 4.78 is 6.36. The van der Waals surface area contributed by atoms with Crippen LogP contribution in [0.2, 0.25) is 5.02 Å². The molecule has 1 aliphatic heterocycles. The van der Waals surface area contributed by atoms with Gasteiger partial charge in [-0.05, 0) is 40.9 Å². The number of carbonyl (C=O) groups is 2. The molecule has 1 unspecified atom stereocenters. The van der Waals surface area contributed by atoms with Crippen LogP contribution in [0.25, 0.3) is 10.1 Å². The van der Waals surface area contributed by atoms with Crippen molar-refractivity contribution in [2.45, 2.75) is 24.8 Å². The van der Waals surface area contributed by atoms with Crippen molar-refractivity contribution in [3.63, 3.8) is 0 Å². The first-order valence-corrected chi connectivity index (χ1v) is 8.49. The Hall–Kier alpha value is -1.63. The van der Waals surface area contributed by atoms with Crippen molar-refractivity contribution in [3.05, 3.63) is 34.2 Å². The Morgan fingerprint density at radius 2 is 2.26 bits per heavy atom. The highest BCUT2D eigenvalue weighted by Gasteiger charge is 2.38. The number of benzene rings is 1. The topological polar surface area (TPSA) is 75.6 Å². The zero-order valence-corrected chi connectivity index (χ0v) is 13.9. The maximum atomic E-state index is 12.4. The Kier molecular flexibility index (Phi) is 4.57. The molecule has 122 valence electrons. The molecule has 5 nitrogen and oxygen atoms in total. The maximum Gasteiger partial charge on any atom is 0.305 e. The Labute approximate surface area is 142 Å². The molecule has 3 rings (SSSR count). The van der Waals surface area contributed by atoms with E-state index in [1.54, 1.807) is 11.3 Å². The lowest BCUT2D eigenvalue weighted by molar-refractivity contribution is -0.139. The second-order valence-electron chi connectivity index (χ2n) is 5.78. The molecule has 0 radical (unpaired) electrons. The predicted molar refractivity (Wildman–Crippen MR) is 89.1 cm³/mol. The van der Waals surface area contributed by atoms with Gasteiger partial charge in [0.2, 0.25) is 5.91 Å². The third kappa shape index (κ3) is 3.65. The van der Waals surface area contributed by atoms with Gasteiger partial charge >= 0.3 is 5.97 Å². The summed E-state index contributed by atoms with van der Waals surface area (Å²) in [5, 5.41) is 15.5. The van der Waals surface area contributed by atoms with Crippen molar-refractivity contribution < 1.29 is 19.4 Å². The Bertz CT molecular complexity index is 752. The molecule has 0 bridgehead atoms. The molecule has 23 heavy (non-hydrogen) atoms. The van der Waals surface area contributed by atoms with Gasteiger partial charge in [-0.1, -0.05) is 11.6 Å². The molecule has 1 aliphatic rings. The molecule has 1 amide bonds. The van der Waals surface area contributed by atoms with Crippen LogP contribution in [0, 0.1) is 0 Å². The van der Waals surface area contributed by atoms with Crippen molar-refractivity contribution in [1.29, 1.82) is 0 Å². The second-order valence-corrected chi connectivity index (χ2v) is 7.13. The molecule has 1 fully saturated rings. The van der Waals surface area contributed by atoms with Gasteiger partial charge < -0.3 is 15.2 Å². The van der Waals surface area contributed by atoms with Crippen molar-refractivity contribution in [1.82, 2.24) is 5.32 Å². The first-order valence-electron chi connectivity index (χ1n) is 7.24. The highest BCUT2D eigenvalue weighted by atomic mass is 35.5. The molecule has 1 atom stereocenters. The van der Waals surface area contributed by atoms with Crippen molar-refractivity contribution in [2.24, 2.45) is 0 Å². The van der Waals surface area contributed by atoms with E-state index in [9.17, 15) is 9.59 Å². The van der Waals surface area contributed by atoms with E-state index in [1.165, 1.54) is 0 Å². The molecule has 1 aromatic carbocycles. The van der Waals surface area contributed by atoms with Gasteiger partial charge in [-0.25, -0.2) is 0 Å². The number of hydrogen-bond donors (Lipinski definition) is 2. The number of carboxylic acids is 1. The number of thiophene rings is 1. The van der Waals surface area contributed by atoms with Crippen LogP contribution in [0.1, 0.15) is 18.4 Å². The van der Waals surface area contributed by atoms with Crippen LogP contribution in [0.4, 0.5) is 0 Å². The fraction of sp³-hybridized carbons (Fsp3) is 0.375. The number of carboxylic acid groups (broad SMARTS) is 1. The largest absolute Gasteiger partial charge is 0.481 e. The summed E-state index contributed by atoms with van der Waals surface area (Å²) in [6.07, 6.45) is 0.581. The Morgan fingerprint density at radius 3 is 2.96 bits per heavy atom. The summed E-state index contributed by atoms with van der Waals surface area (Å²) in [5.74, 6) is -1.14. The first-order chi connectivity index (χ1) is 11.0. The van der Waals surface area contributed by atoms with Gasteiger partial charge in [0.1, 0.15) is 0 Å². The minimum Gasteiger partial charge on any atom is -0.481 e. The third-order valence-corrected chi connectivity index (χ3v) is 5.21. The SMILES string of the molecule is O=C(O)CC1(NC(=O)Cc2csc3ccc(Cl)cc23)CCOC1. The average molecular weight is 354 g/mol. The maximum absolute atomic E-state index is 12.4. The fourth-order valence-corrected chi connectivity index (χ4v) is 4.00.